The summed E-state index contributed by atoms with van der Waals surface area (Å²) < 4.78 is 38.4. The summed E-state index contributed by atoms with van der Waals surface area (Å²) in [4.78, 5) is 26.4. The third-order valence-corrected chi connectivity index (χ3v) is 4.99. The number of phenols is 1. The van der Waals surface area contributed by atoms with E-state index in [4.69, 9.17) is 0 Å². The number of hydrogen-bond donors (Lipinski definition) is 2. The van der Waals surface area contributed by atoms with Gasteiger partial charge in [-0.15, -0.1) is 0 Å². The number of anilines is 1. The first kappa shape index (κ1) is 20.7. The maximum Gasteiger partial charge on any atom is 0.416 e. The highest BCUT2D eigenvalue weighted by atomic mass is 19.4. The van der Waals surface area contributed by atoms with Crippen molar-refractivity contribution in [2.45, 2.75) is 25.4 Å². The van der Waals surface area contributed by atoms with Crippen LogP contribution in [0.25, 0.3) is 0 Å². The molecular formula is C21H21F3N2O3. The van der Waals surface area contributed by atoms with Gasteiger partial charge < -0.3 is 15.3 Å². The van der Waals surface area contributed by atoms with Crippen molar-refractivity contribution in [3.05, 3.63) is 59.7 Å². The SMILES string of the molecule is O=C(Nc1ccccc1O)C1CCN(C(=O)Cc2cccc(C(F)(F)F)c2)CC1. The van der Waals surface area contributed by atoms with Crippen LogP contribution in [0.1, 0.15) is 24.0 Å². The predicted molar refractivity (Wildman–Crippen MR) is 101 cm³/mol. The Kier molecular flexibility index (Phi) is 6.10. The number of hydrogen-bond acceptors (Lipinski definition) is 3. The molecule has 1 aliphatic heterocycles. The molecule has 8 heteroatoms. The number of phenolic OH excluding ortho intramolecular Hbond substituents is 1. The smallest absolute Gasteiger partial charge is 0.416 e. The summed E-state index contributed by atoms with van der Waals surface area (Å²) in [5.41, 5.74) is -0.132. The second-order valence-electron chi connectivity index (χ2n) is 7.04. The Labute approximate surface area is 166 Å². The molecule has 0 unspecified atom stereocenters. The minimum atomic E-state index is -4.45. The Hall–Kier alpha value is -3.03. The van der Waals surface area contributed by atoms with Gasteiger partial charge in [0, 0.05) is 19.0 Å². The van der Waals surface area contributed by atoms with Crippen LogP contribution in [0.5, 0.6) is 5.75 Å². The number of piperidine rings is 1. The minimum absolute atomic E-state index is 0.0189. The molecule has 1 fully saturated rings. The normalized spacial score (nSPS) is 15.2. The molecule has 0 bridgehead atoms. The van der Waals surface area contributed by atoms with Crippen LogP contribution in [-0.2, 0) is 22.2 Å². The summed E-state index contributed by atoms with van der Waals surface area (Å²) in [6, 6.07) is 11.2. The lowest BCUT2D eigenvalue weighted by molar-refractivity contribution is -0.138. The molecule has 0 aromatic heterocycles. The maximum absolute atomic E-state index is 12.8. The fraction of sp³-hybridized carbons (Fsp3) is 0.333. The fourth-order valence-corrected chi connectivity index (χ4v) is 3.35. The Morgan fingerprint density at radius 3 is 2.41 bits per heavy atom. The van der Waals surface area contributed by atoms with Crippen molar-refractivity contribution >= 4 is 17.5 Å². The van der Waals surface area contributed by atoms with E-state index in [0.29, 0.717) is 37.2 Å². The number of nitrogens with zero attached hydrogens (tertiary/aromatic N) is 1. The first-order chi connectivity index (χ1) is 13.7. The van der Waals surface area contributed by atoms with E-state index in [9.17, 15) is 27.9 Å². The number of carbonyl (C=O) groups excluding carboxylic acids is 2. The van der Waals surface area contributed by atoms with Crippen LogP contribution < -0.4 is 5.32 Å². The van der Waals surface area contributed by atoms with Crippen LogP contribution in [0.3, 0.4) is 0 Å². The van der Waals surface area contributed by atoms with Gasteiger partial charge in [-0.05, 0) is 36.6 Å². The zero-order valence-corrected chi connectivity index (χ0v) is 15.6. The second kappa shape index (κ2) is 8.55. The number of aromatic hydroxyl groups is 1. The summed E-state index contributed by atoms with van der Waals surface area (Å²) in [7, 11) is 0. The molecule has 29 heavy (non-hydrogen) atoms. The van der Waals surface area contributed by atoms with Gasteiger partial charge in [-0.3, -0.25) is 9.59 Å². The molecule has 0 aliphatic carbocycles. The van der Waals surface area contributed by atoms with E-state index in [1.807, 2.05) is 0 Å². The van der Waals surface area contributed by atoms with Gasteiger partial charge in [0.05, 0.1) is 17.7 Å². The third kappa shape index (κ3) is 5.28. The monoisotopic (exact) mass is 406 g/mol. The van der Waals surface area contributed by atoms with Gasteiger partial charge >= 0.3 is 6.18 Å². The van der Waals surface area contributed by atoms with Gasteiger partial charge in [0.25, 0.3) is 0 Å². The molecule has 2 N–H and O–H groups in total. The lowest BCUT2D eigenvalue weighted by atomic mass is 9.95. The Morgan fingerprint density at radius 1 is 1.07 bits per heavy atom. The number of rotatable bonds is 4. The van der Waals surface area contributed by atoms with Crippen molar-refractivity contribution in [2.24, 2.45) is 5.92 Å². The second-order valence-corrected chi connectivity index (χ2v) is 7.04. The van der Waals surface area contributed by atoms with Gasteiger partial charge in [0.1, 0.15) is 5.75 Å². The summed E-state index contributed by atoms with van der Waals surface area (Å²) in [6.07, 6.45) is -3.65. The summed E-state index contributed by atoms with van der Waals surface area (Å²) in [5.74, 6) is -0.804. The van der Waals surface area contributed by atoms with Crippen LogP contribution in [0.15, 0.2) is 48.5 Å². The average molecular weight is 406 g/mol. The molecule has 0 radical (unpaired) electrons. The number of halogens is 3. The standard InChI is InChI=1S/C21H21F3N2O3/c22-21(23,24)16-5-3-4-14(12-16)13-19(28)26-10-8-15(9-11-26)20(29)25-17-6-1-2-7-18(17)27/h1-7,12,15,27H,8-11,13H2,(H,25,29). The van der Waals surface area contributed by atoms with Gasteiger partial charge in [0.2, 0.25) is 11.8 Å². The average Bonchev–Trinajstić information content (AvgIpc) is 2.69. The van der Waals surface area contributed by atoms with E-state index in [0.717, 1.165) is 12.1 Å². The van der Waals surface area contributed by atoms with Crippen molar-refractivity contribution < 1.29 is 27.9 Å². The molecule has 2 aromatic carbocycles. The topological polar surface area (TPSA) is 69.6 Å². The van der Waals surface area contributed by atoms with E-state index in [1.165, 1.54) is 18.2 Å². The molecule has 2 aromatic rings. The van der Waals surface area contributed by atoms with E-state index in [-0.39, 0.29) is 29.9 Å². The lowest BCUT2D eigenvalue weighted by Gasteiger charge is -2.31. The number of carbonyl (C=O) groups is 2. The fourth-order valence-electron chi connectivity index (χ4n) is 3.35. The molecule has 0 saturated carbocycles. The number of benzene rings is 2. The highest BCUT2D eigenvalue weighted by Crippen LogP contribution is 2.30. The Bertz CT molecular complexity index is 891. The van der Waals surface area contributed by atoms with Crippen LogP contribution in [-0.4, -0.2) is 34.9 Å². The molecule has 0 atom stereocenters. The van der Waals surface area contributed by atoms with Crippen molar-refractivity contribution in [1.82, 2.24) is 4.90 Å². The van der Waals surface area contributed by atoms with E-state index < -0.39 is 11.7 Å². The number of nitrogens with one attached hydrogen (secondary N) is 1. The number of likely N-dealkylation sites (tertiary alicyclic amines) is 1. The van der Waals surface area contributed by atoms with Gasteiger partial charge in [0.15, 0.2) is 0 Å². The van der Waals surface area contributed by atoms with E-state index in [2.05, 4.69) is 5.32 Å². The molecule has 2 amide bonds. The largest absolute Gasteiger partial charge is 0.506 e. The van der Waals surface area contributed by atoms with Crippen LogP contribution in [0, 0.1) is 5.92 Å². The molecule has 0 spiro atoms. The van der Waals surface area contributed by atoms with Crippen LogP contribution >= 0.6 is 0 Å². The van der Waals surface area contributed by atoms with Crippen molar-refractivity contribution in [1.29, 1.82) is 0 Å². The number of alkyl halides is 3. The summed E-state index contributed by atoms with van der Waals surface area (Å²) >= 11 is 0. The molecule has 1 heterocycles. The third-order valence-electron chi connectivity index (χ3n) is 4.99. The van der Waals surface area contributed by atoms with Crippen molar-refractivity contribution in [3.8, 4) is 5.75 Å². The summed E-state index contributed by atoms with van der Waals surface area (Å²) in [5, 5.41) is 12.4. The number of para-hydroxylation sites is 2. The molecular weight excluding hydrogens is 385 g/mol. The first-order valence-electron chi connectivity index (χ1n) is 9.27. The molecule has 5 nitrogen and oxygen atoms in total. The minimum Gasteiger partial charge on any atom is -0.506 e. The zero-order valence-electron chi connectivity index (χ0n) is 15.6. The number of amides is 2. The highest BCUT2D eigenvalue weighted by molar-refractivity contribution is 5.94. The first-order valence-corrected chi connectivity index (χ1v) is 9.27. The summed E-state index contributed by atoms with van der Waals surface area (Å²) in [6.45, 7) is 0.716. The maximum atomic E-state index is 12.8. The highest BCUT2D eigenvalue weighted by Gasteiger charge is 2.31. The van der Waals surface area contributed by atoms with Crippen LogP contribution in [0.2, 0.25) is 0 Å². The van der Waals surface area contributed by atoms with Crippen molar-refractivity contribution in [3.63, 3.8) is 0 Å². The lowest BCUT2D eigenvalue weighted by Crippen LogP contribution is -2.42. The molecule has 154 valence electrons. The van der Waals surface area contributed by atoms with Crippen molar-refractivity contribution in [2.75, 3.05) is 18.4 Å². The Balaban J connectivity index is 1.53. The van der Waals surface area contributed by atoms with E-state index >= 15 is 0 Å². The van der Waals surface area contributed by atoms with Gasteiger partial charge in [-0.1, -0.05) is 30.3 Å². The quantitative estimate of drug-likeness (QED) is 0.759. The van der Waals surface area contributed by atoms with Gasteiger partial charge in [-0.25, -0.2) is 0 Å². The van der Waals surface area contributed by atoms with E-state index in [1.54, 1.807) is 23.1 Å². The molecule has 3 rings (SSSR count). The molecule has 1 saturated heterocycles. The predicted octanol–water partition coefficient (Wildman–Crippen LogP) is 3.83. The zero-order chi connectivity index (χ0) is 21.0. The Morgan fingerprint density at radius 2 is 1.76 bits per heavy atom. The van der Waals surface area contributed by atoms with Crippen LogP contribution in [0.4, 0.5) is 18.9 Å². The molecule has 1 aliphatic rings. The van der Waals surface area contributed by atoms with Gasteiger partial charge in [-0.2, -0.15) is 13.2 Å².